The Balaban J connectivity index is 2.28. The summed E-state index contributed by atoms with van der Waals surface area (Å²) >= 11 is 0. The molecule has 2 bridgehead atoms. The Morgan fingerprint density at radius 1 is 1.50 bits per heavy atom. The molecule has 0 saturated carbocycles. The van der Waals surface area contributed by atoms with Crippen LogP contribution in [0.3, 0.4) is 0 Å². The van der Waals surface area contributed by atoms with Crippen molar-refractivity contribution >= 4 is 0 Å². The van der Waals surface area contributed by atoms with E-state index in [0.29, 0.717) is 5.92 Å². The van der Waals surface area contributed by atoms with Crippen LogP contribution in [0.25, 0.3) is 0 Å². The molecular weight excluding hydrogens is 248 g/mol. The first kappa shape index (κ1) is 13.4. The van der Waals surface area contributed by atoms with Gasteiger partial charge in [-0.1, -0.05) is 24.6 Å². The van der Waals surface area contributed by atoms with Crippen molar-refractivity contribution in [1.29, 1.82) is 0 Å². The van der Waals surface area contributed by atoms with Crippen LogP contribution >= 0.6 is 0 Å². The molecule has 3 nitrogen and oxygen atoms in total. The van der Waals surface area contributed by atoms with Crippen LogP contribution in [0.1, 0.15) is 38.4 Å². The van der Waals surface area contributed by atoms with E-state index in [-0.39, 0.29) is 11.1 Å². The standard InChI is InChI=1S/C17H22N2O/c1-4-13-12-8-11(3)10-17(13,18-5-2)14-6-7-16(20)19-15(14)9-12/h4,6-8,12,18H,5,9-10H2,1-3H3,(H,19,20)/t12-,17+/m0/s1. The van der Waals surface area contributed by atoms with E-state index >= 15 is 0 Å². The highest BCUT2D eigenvalue weighted by Crippen LogP contribution is 2.49. The normalized spacial score (nSPS) is 30.1. The van der Waals surface area contributed by atoms with Gasteiger partial charge >= 0.3 is 0 Å². The van der Waals surface area contributed by atoms with E-state index < -0.39 is 0 Å². The maximum Gasteiger partial charge on any atom is 0.248 e. The van der Waals surface area contributed by atoms with Crippen molar-refractivity contribution in [3.63, 3.8) is 0 Å². The number of hydrogen-bond acceptors (Lipinski definition) is 2. The lowest BCUT2D eigenvalue weighted by Gasteiger charge is -2.48. The second-order valence-corrected chi connectivity index (χ2v) is 5.89. The van der Waals surface area contributed by atoms with Crippen LogP contribution < -0.4 is 10.9 Å². The zero-order valence-electron chi connectivity index (χ0n) is 12.4. The predicted octanol–water partition coefficient (Wildman–Crippen LogP) is 2.65. The van der Waals surface area contributed by atoms with Gasteiger partial charge in [-0.15, -0.1) is 0 Å². The van der Waals surface area contributed by atoms with E-state index in [0.717, 1.165) is 25.1 Å². The minimum Gasteiger partial charge on any atom is -0.326 e. The van der Waals surface area contributed by atoms with Crippen molar-refractivity contribution in [2.45, 2.75) is 39.2 Å². The summed E-state index contributed by atoms with van der Waals surface area (Å²) in [5, 5.41) is 3.71. The fourth-order valence-corrected chi connectivity index (χ4v) is 4.07. The van der Waals surface area contributed by atoms with E-state index in [9.17, 15) is 4.79 Å². The summed E-state index contributed by atoms with van der Waals surface area (Å²) in [5.41, 5.74) is 5.08. The summed E-state index contributed by atoms with van der Waals surface area (Å²) in [5.74, 6) is 0.401. The highest BCUT2D eigenvalue weighted by atomic mass is 16.1. The third-order valence-electron chi connectivity index (χ3n) is 4.60. The van der Waals surface area contributed by atoms with E-state index in [4.69, 9.17) is 0 Å². The maximum absolute atomic E-state index is 11.6. The molecule has 106 valence electrons. The lowest BCUT2D eigenvalue weighted by atomic mass is 9.63. The van der Waals surface area contributed by atoms with Gasteiger partial charge in [-0.05, 0) is 50.4 Å². The number of rotatable bonds is 2. The number of fused-ring (bicyclic) bond motifs is 4. The van der Waals surface area contributed by atoms with Gasteiger partial charge in [-0.25, -0.2) is 0 Å². The fraction of sp³-hybridized carbons (Fsp3) is 0.471. The van der Waals surface area contributed by atoms with Crippen molar-refractivity contribution in [2.24, 2.45) is 5.92 Å². The number of pyridine rings is 1. The van der Waals surface area contributed by atoms with Gasteiger partial charge in [0.05, 0.1) is 5.54 Å². The van der Waals surface area contributed by atoms with Crippen LogP contribution in [-0.2, 0) is 12.0 Å². The van der Waals surface area contributed by atoms with Crippen LogP contribution in [-0.4, -0.2) is 11.5 Å². The third-order valence-corrected chi connectivity index (χ3v) is 4.60. The van der Waals surface area contributed by atoms with Crippen molar-refractivity contribution < 1.29 is 0 Å². The summed E-state index contributed by atoms with van der Waals surface area (Å²) in [6.07, 6.45) is 6.50. The first-order chi connectivity index (χ1) is 9.60. The zero-order valence-corrected chi connectivity index (χ0v) is 12.4. The van der Waals surface area contributed by atoms with Crippen molar-refractivity contribution in [3.05, 3.63) is 57.0 Å². The molecule has 0 amide bonds. The molecule has 1 heterocycles. The van der Waals surface area contributed by atoms with E-state index in [1.165, 1.54) is 16.7 Å². The molecule has 0 saturated heterocycles. The molecule has 0 radical (unpaired) electrons. The van der Waals surface area contributed by atoms with Crippen LogP contribution in [0.15, 0.2) is 40.2 Å². The zero-order chi connectivity index (χ0) is 14.3. The fourth-order valence-electron chi connectivity index (χ4n) is 4.07. The number of aromatic nitrogens is 1. The van der Waals surface area contributed by atoms with E-state index in [2.05, 4.69) is 43.2 Å². The Bertz CT molecular complexity index is 653. The molecule has 0 spiro atoms. The summed E-state index contributed by atoms with van der Waals surface area (Å²) in [6.45, 7) is 7.39. The minimum atomic E-state index is -0.134. The summed E-state index contributed by atoms with van der Waals surface area (Å²) in [7, 11) is 0. The van der Waals surface area contributed by atoms with Crippen LogP contribution in [0, 0.1) is 5.92 Å². The first-order valence-electron chi connectivity index (χ1n) is 7.42. The predicted molar refractivity (Wildman–Crippen MR) is 81.7 cm³/mol. The Hall–Kier alpha value is -1.61. The van der Waals surface area contributed by atoms with Gasteiger partial charge in [0.2, 0.25) is 5.56 Å². The summed E-state index contributed by atoms with van der Waals surface area (Å²) in [4.78, 5) is 14.7. The second-order valence-electron chi connectivity index (χ2n) is 5.89. The maximum atomic E-state index is 11.6. The SMILES string of the molecule is CC=C1[C@H]2C=C(C)C[C@]1(NCC)c1ccc(=O)[nH]c1C2. The Morgan fingerprint density at radius 2 is 2.30 bits per heavy atom. The molecule has 2 atom stereocenters. The smallest absolute Gasteiger partial charge is 0.248 e. The number of aromatic amines is 1. The van der Waals surface area contributed by atoms with Gasteiger partial charge < -0.3 is 10.3 Å². The van der Waals surface area contributed by atoms with Crippen LogP contribution in [0.4, 0.5) is 0 Å². The van der Waals surface area contributed by atoms with Crippen LogP contribution in [0.5, 0.6) is 0 Å². The molecule has 2 aliphatic rings. The Labute approximate surface area is 119 Å². The monoisotopic (exact) mass is 270 g/mol. The molecule has 0 unspecified atom stereocenters. The molecule has 1 aromatic heterocycles. The quantitative estimate of drug-likeness (QED) is 0.812. The Kier molecular flexibility index (Phi) is 3.17. The highest BCUT2D eigenvalue weighted by Gasteiger charge is 2.45. The molecule has 2 aliphatic carbocycles. The largest absolute Gasteiger partial charge is 0.326 e. The third kappa shape index (κ3) is 1.80. The van der Waals surface area contributed by atoms with Gasteiger partial charge in [0.25, 0.3) is 0 Å². The summed E-state index contributed by atoms with van der Waals surface area (Å²) in [6, 6.07) is 3.66. The molecule has 3 rings (SSSR count). The first-order valence-corrected chi connectivity index (χ1v) is 7.42. The second kappa shape index (κ2) is 4.74. The van der Waals surface area contributed by atoms with Gasteiger partial charge in [-0.3, -0.25) is 4.79 Å². The minimum absolute atomic E-state index is 0.00176. The molecule has 3 heteroatoms. The highest BCUT2D eigenvalue weighted by molar-refractivity contribution is 5.49. The van der Waals surface area contributed by atoms with Crippen molar-refractivity contribution in [3.8, 4) is 0 Å². The molecular formula is C17H22N2O. The van der Waals surface area contributed by atoms with Gasteiger partial charge in [0.15, 0.2) is 0 Å². The van der Waals surface area contributed by atoms with Gasteiger partial charge in [0.1, 0.15) is 0 Å². The number of H-pyrrole nitrogens is 1. The average Bonchev–Trinajstić information content (AvgIpc) is 2.37. The average molecular weight is 270 g/mol. The lowest BCUT2D eigenvalue weighted by molar-refractivity contribution is 0.330. The number of likely N-dealkylation sites (N-methyl/N-ethyl adjacent to an activating group) is 1. The van der Waals surface area contributed by atoms with Gasteiger partial charge in [0, 0.05) is 17.7 Å². The van der Waals surface area contributed by atoms with E-state index in [1.807, 2.05) is 6.07 Å². The number of allylic oxidation sites excluding steroid dienone is 2. The molecule has 0 aliphatic heterocycles. The summed E-state index contributed by atoms with van der Waals surface area (Å²) < 4.78 is 0. The molecule has 2 N–H and O–H groups in total. The lowest BCUT2D eigenvalue weighted by Crippen LogP contribution is -2.51. The van der Waals surface area contributed by atoms with Crippen molar-refractivity contribution in [1.82, 2.24) is 10.3 Å². The van der Waals surface area contributed by atoms with Gasteiger partial charge in [-0.2, -0.15) is 0 Å². The topological polar surface area (TPSA) is 44.9 Å². The number of hydrogen-bond donors (Lipinski definition) is 2. The van der Waals surface area contributed by atoms with Crippen LogP contribution in [0.2, 0.25) is 0 Å². The van der Waals surface area contributed by atoms with Crippen molar-refractivity contribution in [2.75, 3.05) is 6.54 Å². The molecule has 1 aromatic rings. The number of nitrogens with one attached hydrogen (secondary N) is 2. The van der Waals surface area contributed by atoms with E-state index in [1.54, 1.807) is 6.07 Å². The Morgan fingerprint density at radius 3 is 3.00 bits per heavy atom. The molecule has 0 aromatic carbocycles. The molecule has 0 fully saturated rings. The molecule has 20 heavy (non-hydrogen) atoms.